The lowest BCUT2D eigenvalue weighted by Crippen LogP contribution is -2.24. The second-order valence-electron chi connectivity index (χ2n) is 6.13. The Bertz CT molecular complexity index is 453. The SMILES string of the molecule is CC(C)CCN(C)c1ccc(CC(C)N)cc1C(F)(F)F. The molecule has 0 aromatic heterocycles. The van der Waals surface area contributed by atoms with Crippen LogP contribution in [0.4, 0.5) is 18.9 Å². The molecular formula is C16H25F3N2. The Hall–Kier alpha value is -1.23. The Labute approximate surface area is 125 Å². The van der Waals surface area contributed by atoms with Gasteiger partial charge in [-0.05, 0) is 43.4 Å². The topological polar surface area (TPSA) is 29.3 Å². The number of benzene rings is 1. The van der Waals surface area contributed by atoms with Gasteiger partial charge in [0.1, 0.15) is 0 Å². The molecule has 0 saturated heterocycles. The number of nitrogens with zero attached hydrogens (tertiary/aromatic N) is 1. The van der Waals surface area contributed by atoms with E-state index in [9.17, 15) is 13.2 Å². The van der Waals surface area contributed by atoms with Gasteiger partial charge in [-0.1, -0.05) is 19.9 Å². The van der Waals surface area contributed by atoms with Crippen LogP contribution < -0.4 is 10.6 Å². The van der Waals surface area contributed by atoms with Crippen molar-refractivity contribution in [2.45, 2.75) is 45.8 Å². The molecule has 120 valence electrons. The van der Waals surface area contributed by atoms with Crippen LogP contribution in [0.15, 0.2) is 18.2 Å². The third kappa shape index (κ3) is 5.58. The van der Waals surface area contributed by atoms with E-state index in [0.29, 0.717) is 24.4 Å². The van der Waals surface area contributed by atoms with Crippen LogP contribution in [0.2, 0.25) is 0 Å². The van der Waals surface area contributed by atoms with Crippen LogP contribution in [0.1, 0.15) is 38.3 Å². The van der Waals surface area contributed by atoms with Crippen molar-refractivity contribution in [1.82, 2.24) is 0 Å². The van der Waals surface area contributed by atoms with Crippen LogP contribution in [-0.4, -0.2) is 19.6 Å². The first-order valence-electron chi connectivity index (χ1n) is 7.28. The van der Waals surface area contributed by atoms with Crippen LogP contribution in [0.3, 0.4) is 0 Å². The Balaban J connectivity index is 3.07. The van der Waals surface area contributed by atoms with Crippen molar-refractivity contribution in [2.24, 2.45) is 11.7 Å². The van der Waals surface area contributed by atoms with Gasteiger partial charge in [0, 0.05) is 25.3 Å². The largest absolute Gasteiger partial charge is 0.418 e. The zero-order valence-corrected chi connectivity index (χ0v) is 13.2. The minimum atomic E-state index is -4.35. The van der Waals surface area contributed by atoms with Crippen molar-refractivity contribution in [3.63, 3.8) is 0 Å². The molecule has 0 aliphatic rings. The Morgan fingerprint density at radius 3 is 2.29 bits per heavy atom. The Kier molecular flexibility index (Phi) is 6.08. The second-order valence-corrected chi connectivity index (χ2v) is 6.13. The fourth-order valence-corrected chi connectivity index (χ4v) is 2.21. The zero-order chi connectivity index (χ0) is 16.2. The van der Waals surface area contributed by atoms with E-state index >= 15 is 0 Å². The molecule has 0 saturated carbocycles. The minimum absolute atomic E-state index is 0.157. The van der Waals surface area contributed by atoms with E-state index in [1.54, 1.807) is 31.0 Å². The standard InChI is InChI=1S/C16H25F3N2/c1-11(2)7-8-21(4)15-6-5-13(9-12(3)20)10-14(15)16(17,18)19/h5-6,10-12H,7-9,20H2,1-4H3. The van der Waals surface area contributed by atoms with Gasteiger partial charge in [0.25, 0.3) is 0 Å². The average molecular weight is 302 g/mol. The molecule has 1 aromatic rings. The van der Waals surface area contributed by atoms with Crippen LogP contribution in [-0.2, 0) is 12.6 Å². The Morgan fingerprint density at radius 1 is 1.19 bits per heavy atom. The summed E-state index contributed by atoms with van der Waals surface area (Å²) in [4.78, 5) is 1.68. The highest BCUT2D eigenvalue weighted by atomic mass is 19.4. The number of anilines is 1. The predicted molar refractivity (Wildman–Crippen MR) is 81.5 cm³/mol. The highest BCUT2D eigenvalue weighted by Gasteiger charge is 2.34. The summed E-state index contributed by atoms with van der Waals surface area (Å²) < 4.78 is 39.8. The number of hydrogen-bond acceptors (Lipinski definition) is 2. The molecule has 1 atom stereocenters. The summed E-state index contributed by atoms with van der Waals surface area (Å²) in [5.41, 5.74) is 5.95. The number of nitrogens with two attached hydrogens (primary N) is 1. The summed E-state index contributed by atoms with van der Waals surface area (Å²) in [6, 6.07) is 4.36. The first-order valence-corrected chi connectivity index (χ1v) is 7.28. The van der Waals surface area contributed by atoms with Gasteiger partial charge < -0.3 is 10.6 Å². The lowest BCUT2D eigenvalue weighted by Gasteiger charge is -2.25. The molecule has 2 N–H and O–H groups in total. The van der Waals surface area contributed by atoms with Crippen molar-refractivity contribution in [1.29, 1.82) is 0 Å². The average Bonchev–Trinajstić information content (AvgIpc) is 2.34. The van der Waals surface area contributed by atoms with Gasteiger partial charge in [-0.15, -0.1) is 0 Å². The van der Waals surface area contributed by atoms with Crippen molar-refractivity contribution < 1.29 is 13.2 Å². The van der Waals surface area contributed by atoms with E-state index in [4.69, 9.17) is 5.73 Å². The summed E-state index contributed by atoms with van der Waals surface area (Å²) in [7, 11) is 1.71. The molecule has 0 bridgehead atoms. The molecule has 21 heavy (non-hydrogen) atoms. The summed E-state index contributed by atoms with van der Waals surface area (Å²) >= 11 is 0. The molecular weight excluding hydrogens is 277 g/mol. The molecule has 0 radical (unpaired) electrons. The summed E-state index contributed by atoms with van der Waals surface area (Å²) in [6.07, 6.45) is -3.05. The van der Waals surface area contributed by atoms with Gasteiger partial charge in [0.2, 0.25) is 0 Å². The van der Waals surface area contributed by atoms with E-state index in [1.807, 2.05) is 0 Å². The molecule has 0 aliphatic heterocycles. The smallest absolute Gasteiger partial charge is 0.374 e. The summed E-state index contributed by atoms with van der Waals surface area (Å²) in [5, 5.41) is 0. The van der Waals surface area contributed by atoms with E-state index in [2.05, 4.69) is 13.8 Å². The van der Waals surface area contributed by atoms with Crippen LogP contribution in [0.5, 0.6) is 0 Å². The molecule has 5 heteroatoms. The molecule has 1 rings (SSSR count). The van der Waals surface area contributed by atoms with E-state index in [1.165, 1.54) is 6.07 Å². The number of rotatable bonds is 6. The molecule has 0 spiro atoms. The minimum Gasteiger partial charge on any atom is -0.374 e. The monoisotopic (exact) mass is 302 g/mol. The van der Waals surface area contributed by atoms with E-state index in [0.717, 1.165) is 6.42 Å². The first-order chi connectivity index (χ1) is 9.61. The molecule has 0 amide bonds. The maximum absolute atomic E-state index is 13.3. The van der Waals surface area contributed by atoms with Crippen LogP contribution >= 0.6 is 0 Å². The lowest BCUT2D eigenvalue weighted by molar-refractivity contribution is -0.137. The molecule has 2 nitrogen and oxygen atoms in total. The van der Waals surface area contributed by atoms with Gasteiger partial charge in [-0.2, -0.15) is 13.2 Å². The predicted octanol–water partition coefficient (Wildman–Crippen LogP) is 4.08. The number of hydrogen-bond donors (Lipinski definition) is 1. The highest BCUT2D eigenvalue weighted by Crippen LogP contribution is 2.37. The second kappa shape index (κ2) is 7.16. The van der Waals surface area contributed by atoms with Gasteiger partial charge in [0.05, 0.1) is 5.56 Å². The zero-order valence-electron chi connectivity index (χ0n) is 13.2. The molecule has 0 fully saturated rings. The normalized spacial score (nSPS) is 13.6. The van der Waals surface area contributed by atoms with Crippen LogP contribution in [0.25, 0.3) is 0 Å². The van der Waals surface area contributed by atoms with Gasteiger partial charge >= 0.3 is 6.18 Å². The van der Waals surface area contributed by atoms with Gasteiger partial charge in [-0.3, -0.25) is 0 Å². The molecule has 1 aromatic carbocycles. The van der Waals surface area contributed by atoms with Crippen molar-refractivity contribution >= 4 is 5.69 Å². The summed E-state index contributed by atoms with van der Waals surface area (Å²) in [6.45, 7) is 6.51. The van der Waals surface area contributed by atoms with Crippen molar-refractivity contribution in [3.8, 4) is 0 Å². The summed E-state index contributed by atoms with van der Waals surface area (Å²) in [5.74, 6) is 0.458. The Morgan fingerprint density at radius 2 is 1.81 bits per heavy atom. The first kappa shape index (κ1) is 17.8. The molecule has 1 unspecified atom stereocenters. The molecule has 0 aliphatic carbocycles. The van der Waals surface area contributed by atoms with Crippen molar-refractivity contribution in [2.75, 3.05) is 18.5 Å². The number of halogens is 3. The van der Waals surface area contributed by atoms with E-state index < -0.39 is 11.7 Å². The third-order valence-electron chi connectivity index (χ3n) is 3.38. The van der Waals surface area contributed by atoms with Gasteiger partial charge in [-0.25, -0.2) is 0 Å². The maximum atomic E-state index is 13.3. The fraction of sp³-hybridized carbons (Fsp3) is 0.625. The number of alkyl halides is 3. The molecule has 0 heterocycles. The highest BCUT2D eigenvalue weighted by molar-refractivity contribution is 5.56. The quantitative estimate of drug-likeness (QED) is 0.858. The van der Waals surface area contributed by atoms with Gasteiger partial charge in [0.15, 0.2) is 0 Å². The fourth-order valence-electron chi connectivity index (χ4n) is 2.21. The lowest BCUT2D eigenvalue weighted by atomic mass is 10.0. The van der Waals surface area contributed by atoms with Crippen LogP contribution in [0, 0.1) is 5.92 Å². The van der Waals surface area contributed by atoms with E-state index in [-0.39, 0.29) is 11.7 Å². The van der Waals surface area contributed by atoms with Crippen molar-refractivity contribution in [3.05, 3.63) is 29.3 Å². The third-order valence-corrected chi connectivity index (χ3v) is 3.38. The maximum Gasteiger partial charge on any atom is 0.418 e.